The predicted molar refractivity (Wildman–Crippen MR) is 76.7 cm³/mol. The second-order valence-electron chi connectivity index (χ2n) is 3.98. The molecule has 0 bridgehead atoms. The fraction of sp³-hybridized carbons (Fsp3) is 0.286. The molecule has 0 saturated carbocycles. The number of hydrogen-bond donors (Lipinski definition) is 0. The number of nitrogens with zero attached hydrogens (tertiary/aromatic N) is 1. The van der Waals surface area contributed by atoms with Crippen molar-refractivity contribution in [3.05, 3.63) is 50.9 Å². The molecule has 1 aromatic carbocycles. The average Bonchev–Trinajstić information content (AvgIpc) is 2.80. The number of thiazole rings is 1. The van der Waals surface area contributed by atoms with Crippen LogP contribution in [0.3, 0.4) is 0 Å². The smallest absolute Gasteiger partial charge is 0.311 e. The third kappa shape index (κ3) is 4.04. The van der Waals surface area contributed by atoms with Gasteiger partial charge in [0, 0.05) is 16.8 Å². The molecule has 3 nitrogen and oxygen atoms in total. The maximum Gasteiger partial charge on any atom is 0.311 e. The third-order valence-electron chi connectivity index (χ3n) is 2.53. The second kappa shape index (κ2) is 6.68. The molecule has 0 amide bonds. The van der Waals surface area contributed by atoms with Crippen molar-refractivity contribution in [3.8, 4) is 0 Å². The first-order valence-corrected chi connectivity index (χ1v) is 7.27. The standard InChI is InChI=1S/C14H14ClNO2S/c1-2-18-14(17)8-11-9-19-13(16-11)7-10-5-3-4-6-12(10)15/h3-6,9H,2,7-8H2,1H3. The summed E-state index contributed by atoms with van der Waals surface area (Å²) in [6.07, 6.45) is 0.917. The zero-order valence-corrected chi connectivity index (χ0v) is 12.1. The summed E-state index contributed by atoms with van der Waals surface area (Å²) in [4.78, 5) is 15.8. The van der Waals surface area contributed by atoms with Gasteiger partial charge in [-0.1, -0.05) is 29.8 Å². The summed E-state index contributed by atoms with van der Waals surface area (Å²) in [7, 11) is 0. The number of ether oxygens (including phenoxy) is 1. The molecule has 0 spiro atoms. The molecule has 0 radical (unpaired) electrons. The Labute approximate surface area is 121 Å². The molecule has 0 N–H and O–H groups in total. The van der Waals surface area contributed by atoms with Gasteiger partial charge in [0.05, 0.1) is 23.7 Å². The average molecular weight is 296 g/mol. The van der Waals surface area contributed by atoms with Gasteiger partial charge in [0.15, 0.2) is 0 Å². The van der Waals surface area contributed by atoms with E-state index in [1.54, 1.807) is 6.92 Å². The molecule has 0 atom stereocenters. The van der Waals surface area contributed by atoms with Gasteiger partial charge < -0.3 is 4.74 Å². The first kappa shape index (κ1) is 14.0. The Hall–Kier alpha value is -1.39. The van der Waals surface area contributed by atoms with E-state index in [0.29, 0.717) is 13.0 Å². The molecular formula is C14H14ClNO2S. The number of benzene rings is 1. The van der Waals surface area contributed by atoms with Gasteiger partial charge in [-0.15, -0.1) is 11.3 Å². The predicted octanol–water partition coefficient (Wildman–Crippen LogP) is 3.49. The van der Waals surface area contributed by atoms with Crippen LogP contribution in [0.4, 0.5) is 0 Å². The first-order valence-electron chi connectivity index (χ1n) is 6.01. The van der Waals surface area contributed by atoms with Gasteiger partial charge in [-0.2, -0.15) is 0 Å². The summed E-state index contributed by atoms with van der Waals surface area (Å²) in [6.45, 7) is 2.19. The van der Waals surface area contributed by atoms with E-state index in [1.807, 2.05) is 29.6 Å². The maximum atomic E-state index is 11.4. The summed E-state index contributed by atoms with van der Waals surface area (Å²) in [5, 5.41) is 3.58. The summed E-state index contributed by atoms with van der Waals surface area (Å²) < 4.78 is 4.90. The number of esters is 1. The fourth-order valence-corrected chi connectivity index (χ4v) is 2.70. The van der Waals surface area contributed by atoms with Crippen molar-refractivity contribution in [2.24, 2.45) is 0 Å². The molecule has 2 aromatic rings. The second-order valence-corrected chi connectivity index (χ2v) is 5.33. The van der Waals surface area contributed by atoms with E-state index in [4.69, 9.17) is 16.3 Å². The minimum Gasteiger partial charge on any atom is -0.466 e. The minimum absolute atomic E-state index is 0.229. The van der Waals surface area contributed by atoms with Crippen LogP contribution >= 0.6 is 22.9 Å². The van der Waals surface area contributed by atoms with Crippen LogP contribution in [-0.4, -0.2) is 17.6 Å². The van der Waals surface area contributed by atoms with E-state index in [2.05, 4.69) is 4.98 Å². The lowest BCUT2D eigenvalue weighted by atomic mass is 10.1. The molecular weight excluding hydrogens is 282 g/mol. The van der Waals surface area contributed by atoms with Crippen LogP contribution < -0.4 is 0 Å². The maximum absolute atomic E-state index is 11.4. The van der Waals surface area contributed by atoms with Crippen LogP contribution in [0.1, 0.15) is 23.2 Å². The highest BCUT2D eigenvalue weighted by Crippen LogP contribution is 2.21. The van der Waals surface area contributed by atoms with Crippen LogP contribution in [0.2, 0.25) is 5.02 Å². The molecule has 5 heteroatoms. The summed E-state index contributed by atoms with van der Waals surface area (Å²) in [5.41, 5.74) is 1.80. The van der Waals surface area contributed by atoms with Crippen molar-refractivity contribution in [1.82, 2.24) is 4.98 Å². The number of halogens is 1. The molecule has 0 fully saturated rings. The number of rotatable bonds is 5. The normalized spacial score (nSPS) is 10.4. The van der Waals surface area contributed by atoms with Gasteiger partial charge in [-0.25, -0.2) is 4.98 Å². The van der Waals surface area contributed by atoms with Gasteiger partial charge in [-0.3, -0.25) is 4.79 Å². The number of aromatic nitrogens is 1. The molecule has 0 aliphatic heterocycles. The molecule has 19 heavy (non-hydrogen) atoms. The zero-order valence-electron chi connectivity index (χ0n) is 10.6. The molecule has 0 saturated heterocycles. The summed E-state index contributed by atoms with van der Waals surface area (Å²) in [6, 6.07) is 7.70. The van der Waals surface area contributed by atoms with Crippen molar-refractivity contribution < 1.29 is 9.53 Å². The van der Waals surface area contributed by atoms with Gasteiger partial charge in [0.2, 0.25) is 0 Å². The highest BCUT2D eigenvalue weighted by molar-refractivity contribution is 7.09. The van der Waals surface area contributed by atoms with Gasteiger partial charge >= 0.3 is 5.97 Å². The Kier molecular flexibility index (Phi) is 4.93. The van der Waals surface area contributed by atoms with E-state index in [9.17, 15) is 4.79 Å². The lowest BCUT2D eigenvalue weighted by Gasteiger charge is -2.00. The molecule has 0 aliphatic carbocycles. The lowest BCUT2D eigenvalue weighted by Crippen LogP contribution is -2.07. The molecule has 100 valence electrons. The van der Waals surface area contributed by atoms with Crippen LogP contribution in [0.15, 0.2) is 29.6 Å². The number of hydrogen-bond acceptors (Lipinski definition) is 4. The zero-order chi connectivity index (χ0) is 13.7. The van der Waals surface area contributed by atoms with E-state index < -0.39 is 0 Å². The Bertz CT molecular complexity index is 568. The lowest BCUT2D eigenvalue weighted by molar-refractivity contribution is -0.142. The first-order chi connectivity index (χ1) is 9.19. The van der Waals surface area contributed by atoms with Crippen molar-refractivity contribution in [2.75, 3.05) is 6.61 Å². The van der Waals surface area contributed by atoms with E-state index >= 15 is 0 Å². The molecule has 2 rings (SSSR count). The number of carbonyl (C=O) groups excluding carboxylic acids is 1. The summed E-state index contributed by atoms with van der Waals surface area (Å²) >= 11 is 7.64. The van der Waals surface area contributed by atoms with Crippen LogP contribution in [0.5, 0.6) is 0 Å². The van der Waals surface area contributed by atoms with Crippen LogP contribution in [0, 0.1) is 0 Å². The highest BCUT2D eigenvalue weighted by atomic mass is 35.5. The third-order valence-corrected chi connectivity index (χ3v) is 3.80. The Balaban J connectivity index is 2.02. The van der Waals surface area contributed by atoms with Crippen molar-refractivity contribution >= 4 is 28.9 Å². The monoisotopic (exact) mass is 295 g/mol. The van der Waals surface area contributed by atoms with Gasteiger partial charge in [0.1, 0.15) is 0 Å². The Morgan fingerprint density at radius 1 is 1.42 bits per heavy atom. The quantitative estimate of drug-likeness (QED) is 0.793. The van der Waals surface area contributed by atoms with Crippen molar-refractivity contribution in [2.45, 2.75) is 19.8 Å². The molecule has 0 aliphatic rings. The van der Waals surface area contributed by atoms with Crippen LogP contribution in [-0.2, 0) is 22.4 Å². The Morgan fingerprint density at radius 2 is 2.21 bits per heavy atom. The Morgan fingerprint density at radius 3 is 2.95 bits per heavy atom. The molecule has 1 aromatic heterocycles. The molecule has 1 heterocycles. The van der Waals surface area contributed by atoms with Gasteiger partial charge in [0.25, 0.3) is 0 Å². The number of carbonyl (C=O) groups is 1. The summed E-state index contributed by atoms with van der Waals surface area (Å²) in [5.74, 6) is -0.239. The fourth-order valence-electron chi connectivity index (χ4n) is 1.68. The highest BCUT2D eigenvalue weighted by Gasteiger charge is 2.09. The van der Waals surface area contributed by atoms with E-state index in [1.165, 1.54) is 11.3 Å². The largest absolute Gasteiger partial charge is 0.466 e. The van der Waals surface area contributed by atoms with Crippen molar-refractivity contribution in [3.63, 3.8) is 0 Å². The SMILES string of the molecule is CCOC(=O)Cc1csc(Cc2ccccc2Cl)n1. The van der Waals surface area contributed by atoms with E-state index in [0.717, 1.165) is 21.3 Å². The van der Waals surface area contributed by atoms with Crippen molar-refractivity contribution in [1.29, 1.82) is 0 Å². The minimum atomic E-state index is -0.239. The van der Waals surface area contributed by atoms with E-state index in [-0.39, 0.29) is 12.4 Å². The van der Waals surface area contributed by atoms with Crippen LogP contribution in [0.25, 0.3) is 0 Å². The molecule has 0 unspecified atom stereocenters. The van der Waals surface area contributed by atoms with Gasteiger partial charge in [-0.05, 0) is 18.6 Å². The topological polar surface area (TPSA) is 39.2 Å².